The third-order valence-corrected chi connectivity index (χ3v) is 5.64. The van der Waals surface area contributed by atoms with E-state index in [0.717, 1.165) is 56.3 Å². The van der Waals surface area contributed by atoms with E-state index in [0.29, 0.717) is 12.5 Å². The monoisotopic (exact) mass is 433 g/mol. The number of rotatable bonds is 9. The van der Waals surface area contributed by atoms with Crippen LogP contribution in [0.4, 0.5) is 0 Å². The van der Waals surface area contributed by atoms with E-state index in [1.807, 2.05) is 44.3 Å². The standard InChI is InChI=1S/C25H31N5O2/c1-21-24(25(28(2)27-21)32-23-11-7-4-8-12-23)19-26-31-18-17-29-13-15-30(16-14-29)20-22-9-5-3-6-10-22/h3-12,19H,13-18,20H2,1-2H3/b26-19+. The number of para-hydroxylation sites is 1. The Balaban J connectivity index is 1.21. The quantitative estimate of drug-likeness (QED) is 0.293. The van der Waals surface area contributed by atoms with Crippen molar-refractivity contribution in [3.63, 3.8) is 0 Å². The van der Waals surface area contributed by atoms with E-state index in [2.05, 4.69) is 50.4 Å². The lowest BCUT2D eigenvalue weighted by atomic mass is 10.2. The summed E-state index contributed by atoms with van der Waals surface area (Å²) in [6.07, 6.45) is 1.69. The van der Waals surface area contributed by atoms with E-state index in [4.69, 9.17) is 9.57 Å². The van der Waals surface area contributed by atoms with Crippen LogP contribution < -0.4 is 4.74 Å². The van der Waals surface area contributed by atoms with Gasteiger partial charge in [-0.1, -0.05) is 53.7 Å². The minimum absolute atomic E-state index is 0.559. The molecule has 7 nitrogen and oxygen atoms in total. The molecule has 1 fully saturated rings. The second-order valence-corrected chi connectivity index (χ2v) is 8.01. The fourth-order valence-electron chi connectivity index (χ4n) is 3.85. The molecule has 0 N–H and O–H groups in total. The lowest BCUT2D eigenvalue weighted by Gasteiger charge is -2.34. The SMILES string of the molecule is Cc1nn(C)c(Oc2ccccc2)c1/C=N/OCCN1CCN(Cc2ccccc2)CC1. The van der Waals surface area contributed by atoms with E-state index in [1.54, 1.807) is 10.9 Å². The largest absolute Gasteiger partial charge is 0.439 e. The van der Waals surface area contributed by atoms with Crippen LogP contribution in [0.15, 0.2) is 65.8 Å². The smallest absolute Gasteiger partial charge is 0.226 e. The van der Waals surface area contributed by atoms with Crippen LogP contribution in [0.5, 0.6) is 11.6 Å². The van der Waals surface area contributed by atoms with Gasteiger partial charge in [-0.3, -0.25) is 9.80 Å². The first-order chi connectivity index (χ1) is 15.7. The van der Waals surface area contributed by atoms with E-state index in [9.17, 15) is 0 Å². The van der Waals surface area contributed by atoms with Gasteiger partial charge in [0.1, 0.15) is 12.4 Å². The van der Waals surface area contributed by atoms with Crippen molar-refractivity contribution in [1.82, 2.24) is 19.6 Å². The summed E-state index contributed by atoms with van der Waals surface area (Å²) in [6, 6.07) is 20.3. The maximum Gasteiger partial charge on any atom is 0.226 e. The molecule has 0 radical (unpaired) electrons. The zero-order valence-corrected chi connectivity index (χ0v) is 18.9. The molecule has 32 heavy (non-hydrogen) atoms. The Morgan fingerprint density at radius 1 is 0.938 bits per heavy atom. The lowest BCUT2D eigenvalue weighted by molar-refractivity contribution is 0.0774. The van der Waals surface area contributed by atoms with Crippen molar-refractivity contribution >= 4 is 6.21 Å². The zero-order chi connectivity index (χ0) is 22.2. The molecule has 0 aliphatic carbocycles. The first-order valence-corrected chi connectivity index (χ1v) is 11.1. The summed E-state index contributed by atoms with van der Waals surface area (Å²) in [7, 11) is 1.86. The van der Waals surface area contributed by atoms with Gasteiger partial charge in [0, 0.05) is 46.3 Å². The van der Waals surface area contributed by atoms with Gasteiger partial charge in [-0.05, 0) is 24.6 Å². The predicted molar refractivity (Wildman–Crippen MR) is 126 cm³/mol. The highest BCUT2D eigenvalue weighted by molar-refractivity contribution is 5.84. The number of benzene rings is 2. The minimum atomic E-state index is 0.559. The first kappa shape index (κ1) is 22.0. The molecule has 7 heteroatoms. The van der Waals surface area contributed by atoms with Gasteiger partial charge >= 0.3 is 0 Å². The number of piperazine rings is 1. The lowest BCUT2D eigenvalue weighted by Crippen LogP contribution is -2.46. The van der Waals surface area contributed by atoms with Crippen LogP contribution in [-0.2, 0) is 18.4 Å². The molecule has 0 atom stereocenters. The Hall–Kier alpha value is -3.16. The van der Waals surface area contributed by atoms with E-state index in [-0.39, 0.29) is 0 Å². The third-order valence-electron chi connectivity index (χ3n) is 5.64. The number of aryl methyl sites for hydroxylation is 2. The maximum absolute atomic E-state index is 6.01. The van der Waals surface area contributed by atoms with Gasteiger partial charge in [-0.25, -0.2) is 4.68 Å². The normalized spacial score (nSPS) is 15.3. The van der Waals surface area contributed by atoms with Gasteiger partial charge in [0.2, 0.25) is 5.88 Å². The van der Waals surface area contributed by atoms with Gasteiger partial charge in [-0.15, -0.1) is 0 Å². The summed E-state index contributed by atoms with van der Waals surface area (Å²) in [4.78, 5) is 10.5. The van der Waals surface area contributed by atoms with E-state index < -0.39 is 0 Å². The molecule has 1 saturated heterocycles. The van der Waals surface area contributed by atoms with E-state index >= 15 is 0 Å². The van der Waals surface area contributed by atoms with Crippen molar-refractivity contribution in [2.75, 3.05) is 39.3 Å². The minimum Gasteiger partial charge on any atom is -0.439 e. The molecule has 1 aliphatic rings. The highest BCUT2D eigenvalue weighted by Crippen LogP contribution is 2.25. The van der Waals surface area contributed by atoms with Crippen molar-refractivity contribution in [3.05, 3.63) is 77.5 Å². The topological polar surface area (TPSA) is 55.1 Å². The molecular weight excluding hydrogens is 402 g/mol. The Bertz CT molecular complexity index is 996. The molecule has 0 unspecified atom stereocenters. The molecular formula is C25H31N5O2. The maximum atomic E-state index is 6.01. The Labute approximate surface area is 189 Å². The summed E-state index contributed by atoms with van der Waals surface area (Å²) in [5.74, 6) is 1.41. The van der Waals surface area contributed by atoms with Crippen LogP contribution >= 0.6 is 0 Å². The van der Waals surface area contributed by atoms with Crippen molar-refractivity contribution in [2.45, 2.75) is 13.5 Å². The van der Waals surface area contributed by atoms with Crippen molar-refractivity contribution in [2.24, 2.45) is 12.2 Å². The molecule has 3 aromatic rings. The molecule has 2 aromatic carbocycles. The summed E-state index contributed by atoms with van der Waals surface area (Å²) in [6.45, 7) is 8.65. The van der Waals surface area contributed by atoms with Gasteiger partial charge in [0.15, 0.2) is 0 Å². The molecule has 2 heterocycles. The van der Waals surface area contributed by atoms with Crippen LogP contribution in [0.25, 0.3) is 0 Å². The third kappa shape index (κ3) is 5.96. The molecule has 168 valence electrons. The van der Waals surface area contributed by atoms with Crippen molar-refractivity contribution in [1.29, 1.82) is 0 Å². The molecule has 1 aromatic heterocycles. The van der Waals surface area contributed by atoms with Gasteiger partial charge in [-0.2, -0.15) is 5.10 Å². The average molecular weight is 434 g/mol. The molecule has 0 saturated carbocycles. The van der Waals surface area contributed by atoms with Gasteiger partial charge < -0.3 is 9.57 Å². The summed E-state index contributed by atoms with van der Waals surface area (Å²) >= 11 is 0. The second-order valence-electron chi connectivity index (χ2n) is 8.01. The van der Waals surface area contributed by atoms with Crippen LogP contribution in [0.2, 0.25) is 0 Å². The molecule has 0 amide bonds. The number of hydrogen-bond donors (Lipinski definition) is 0. The van der Waals surface area contributed by atoms with Crippen LogP contribution in [-0.4, -0.2) is 65.1 Å². The summed E-state index contributed by atoms with van der Waals surface area (Å²) in [5.41, 5.74) is 3.05. The number of ether oxygens (including phenoxy) is 1. The zero-order valence-electron chi connectivity index (χ0n) is 18.9. The average Bonchev–Trinajstić information content (AvgIpc) is 3.08. The fourth-order valence-corrected chi connectivity index (χ4v) is 3.85. The summed E-state index contributed by atoms with van der Waals surface area (Å²) < 4.78 is 7.73. The number of nitrogens with zero attached hydrogens (tertiary/aromatic N) is 5. The van der Waals surface area contributed by atoms with Crippen molar-refractivity contribution < 1.29 is 9.57 Å². The van der Waals surface area contributed by atoms with Crippen molar-refractivity contribution in [3.8, 4) is 11.6 Å². The molecule has 4 rings (SSSR count). The molecule has 0 spiro atoms. The predicted octanol–water partition coefficient (Wildman–Crippen LogP) is 3.69. The Morgan fingerprint density at radius 3 is 2.31 bits per heavy atom. The Kier molecular flexibility index (Phi) is 7.53. The molecule has 1 aliphatic heterocycles. The van der Waals surface area contributed by atoms with Crippen LogP contribution in [0, 0.1) is 6.92 Å². The number of hydrogen-bond acceptors (Lipinski definition) is 6. The van der Waals surface area contributed by atoms with E-state index in [1.165, 1.54) is 5.56 Å². The van der Waals surface area contributed by atoms with Gasteiger partial charge in [0.05, 0.1) is 17.5 Å². The second kappa shape index (κ2) is 10.9. The first-order valence-electron chi connectivity index (χ1n) is 11.1. The highest BCUT2D eigenvalue weighted by Gasteiger charge is 2.17. The number of oxime groups is 1. The van der Waals surface area contributed by atoms with Gasteiger partial charge in [0.25, 0.3) is 0 Å². The van der Waals surface area contributed by atoms with Crippen LogP contribution in [0.3, 0.4) is 0 Å². The number of aromatic nitrogens is 2. The molecule has 0 bridgehead atoms. The van der Waals surface area contributed by atoms with Crippen LogP contribution in [0.1, 0.15) is 16.8 Å². The fraction of sp³-hybridized carbons (Fsp3) is 0.360. The Morgan fingerprint density at radius 2 is 1.59 bits per heavy atom. The summed E-state index contributed by atoms with van der Waals surface area (Å²) in [5, 5.41) is 8.63. The highest BCUT2D eigenvalue weighted by atomic mass is 16.6.